The molecule has 0 aromatic rings. The van der Waals surface area contributed by atoms with Gasteiger partial charge in [0.1, 0.15) is 0 Å². The summed E-state index contributed by atoms with van der Waals surface area (Å²) < 4.78 is 0. The van der Waals surface area contributed by atoms with Crippen LogP contribution in [0.15, 0.2) is 0 Å². The molecule has 0 atom stereocenters. The molecule has 0 heterocycles. The Morgan fingerprint density at radius 2 is 0.846 bits per heavy atom. The molecule has 0 aromatic heterocycles. The van der Waals surface area contributed by atoms with Gasteiger partial charge in [-0.3, -0.25) is 0 Å². The Balaban J connectivity index is -0.0000000267. The van der Waals surface area contributed by atoms with E-state index in [1.807, 2.05) is 0 Å². The van der Waals surface area contributed by atoms with Gasteiger partial charge in [0, 0.05) is 0 Å². The van der Waals surface area contributed by atoms with Gasteiger partial charge in [0.2, 0.25) is 0 Å². The van der Waals surface area contributed by atoms with E-state index in [9.17, 15) is 0 Å². The van der Waals surface area contributed by atoms with E-state index in [2.05, 4.69) is 41.5 Å². The van der Waals surface area contributed by atoms with Gasteiger partial charge >= 0.3 is 26.2 Å². The molecule has 0 amide bonds. The van der Waals surface area contributed by atoms with E-state index in [-0.39, 0.29) is 37.2 Å². The fourth-order valence-corrected chi connectivity index (χ4v) is 0. The SMILES string of the molecule is O.O.[CH2-]CC(C)C.[CH2-]CC(C)C.[Zr+2]. The summed E-state index contributed by atoms with van der Waals surface area (Å²) in [4.78, 5) is 0. The zero-order valence-electron chi connectivity index (χ0n) is 9.48. The molecule has 0 fully saturated rings. The van der Waals surface area contributed by atoms with Gasteiger partial charge < -0.3 is 24.8 Å². The molecular weight excluding hydrogens is 243 g/mol. The van der Waals surface area contributed by atoms with Crippen LogP contribution in [0.3, 0.4) is 0 Å². The van der Waals surface area contributed by atoms with Crippen molar-refractivity contribution < 1.29 is 37.2 Å². The third kappa shape index (κ3) is 64.8. The Kier molecular flexibility index (Phi) is 51.7. The predicted octanol–water partition coefficient (Wildman–Crippen LogP) is 2.08. The van der Waals surface area contributed by atoms with Crippen LogP contribution in [0.25, 0.3) is 0 Å². The fourth-order valence-electron chi connectivity index (χ4n) is 0. The van der Waals surface area contributed by atoms with E-state index >= 15 is 0 Å². The minimum atomic E-state index is 0. The topological polar surface area (TPSA) is 63.0 Å². The third-order valence-corrected chi connectivity index (χ3v) is 1.15. The third-order valence-electron chi connectivity index (χ3n) is 1.15. The smallest absolute Gasteiger partial charge is 0.412 e. The normalized spacial score (nSPS) is 7.38. The van der Waals surface area contributed by atoms with Crippen LogP contribution in [-0.4, -0.2) is 11.0 Å². The summed E-state index contributed by atoms with van der Waals surface area (Å²) in [5, 5.41) is 0. The summed E-state index contributed by atoms with van der Waals surface area (Å²) in [6.45, 7) is 16.0. The van der Waals surface area contributed by atoms with Gasteiger partial charge in [0.15, 0.2) is 0 Å². The van der Waals surface area contributed by atoms with E-state index < -0.39 is 0 Å². The Morgan fingerprint density at radius 1 is 0.769 bits per heavy atom. The molecule has 0 aliphatic carbocycles. The van der Waals surface area contributed by atoms with E-state index in [1.165, 1.54) is 0 Å². The van der Waals surface area contributed by atoms with Crippen molar-refractivity contribution in [2.24, 2.45) is 11.8 Å². The molecule has 0 saturated carbocycles. The monoisotopic (exact) mass is 268 g/mol. The van der Waals surface area contributed by atoms with Crippen LogP contribution < -0.4 is 0 Å². The summed E-state index contributed by atoms with van der Waals surface area (Å²) in [6.07, 6.45) is 2.11. The van der Waals surface area contributed by atoms with Gasteiger partial charge in [0.25, 0.3) is 0 Å². The average Bonchev–Trinajstić information content (AvgIpc) is 1.89. The van der Waals surface area contributed by atoms with Crippen molar-refractivity contribution in [1.29, 1.82) is 0 Å². The summed E-state index contributed by atoms with van der Waals surface area (Å²) >= 11 is 0. The fraction of sp³-hybridized carbons (Fsp3) is 0.800. The van der Waals surface area contributed by atoms with Gasteiger partial charge in [-0.1, -0.05) is 39.5 Å². The number of hydrogen-bond donors (Lipinski definition) is 0. The molecule has 0 saturated heterocycles. The van der Waals surface area contributed by atoms with Gasteiger partial charge in [-0.05, 0) is 0 Å². The molecule has 2 nitrogen and oxygen atoms in total. The summed E-state index contributed by atoms with van der Waals surface area (Å²) in [6, 6.07) is 0. The molecule has 0 rings (SSSR count). The quantitative estimate of drug-likeness (QED) is 0.689. The van der Waals surface area contributed by atoms with Crippen LogP contribution >= 0.6 is 0 Å². The average molecular weight is 270 g/mol. The molecule has 0 unspecified atom stereocenters. The maximum atomic E-state index is 3.69. The van der Waals surface area contributed by atoms with Crippen molar-refractivity contribution in [1.82, 2.24) is 0 Å². The first-order chi connectivity index (χ1) is 4.54. The van der Waals surface area contributed by atoms with Crippen molar-refractivity contribution in [3.05, 3.63) is 13.8 Å². The summed E-state index contributed by atoms with van der Waals surface area (Å²) in [5.41, 5.74) is 0. The van der Waals surface area contributed by atoms with Gasteiger partial charge in [0.05, 0.1) is 0 Å². The van der Waals surface area contributed by atoms with E-state index in [1.54, 1.807) is 0 Å². The standard InChI is InChI=1S/2C5H11.2H2O.Zr/c2*1-4-5(2)3;;;/h2*5H,1,4H2,2-3H3;2*1H2;/q2*-1;;;+2. The first-order valence-corrected chi connectivity index (χ1v) is 4.13. The largest absolute Gasteiger partial charge is 2.00 e. The maximum absolute atomic E-state index is 3.69. The van der Waals surface area contributed by atoms with Crippen molar-refractivity contribution in [2.75, 3.05) is 0 Å². The van der Waals surface area contributed by atoms with Crippen molar-refractivity contribution in [3.63, 3.8) is 0 Å². The number of rotatable bonds is 2. The molecule has 0 radical (unpaired) electrons. The minimum Gasteiger partial charge on any atom is -0.412 e. The first kappa shape index (κ1) is 29.2. The molecule has 0 aromatic carbocycles. The molecule has 0 aliphatic rings. The second-order valence-corrected chi connectivity index (χ2v) is 3.37. The second-order valence-electron chi connectivity index (χ2n) is 3.37. The van der Waals surface area contributed by atoms with Crippen LogP contribution in [0, 0.1) is 25.7 Å². The zero-order chi connectivity index (χ0) is 8.57. The van der Waals surface area contributed by atoms with Crippen LogP contribution in [0.1, 0.15) is 40.5 Å². The zero-order valence-corrected chi connectivity index (χ0v) is 11.9. The Bertz CT molecular complexity index is 48.9. The molecule has 13 heavy (non-hydrogen) atoms. The Hall–Kier alpha value is 0.803. The Morgan fingerprint density at radius 3 is 0.846 bits per heavy atom. The van der Waals surface area contributed by atoms with Gasteiger partial charge in [-0.25, -0.2) is 0 Å². The van der Waals surface area contributed by atoms with Crippen molar-refractivity contribution in [2.45, 2.75) is 40.5 Å². The molecule has 3 heteroatoms. The molecule has 0 aliphatic heterocycles. The maximum Gasteiger partial charge on any atom is 2.00 e. The first-order valence-electron chi connectivity index (χ1n) is 4.13. The number of hydrogen-bond acceptors (Lipinski definition) is 0. The molecule has 0 spiro atoms. The van der Waals surface area contributed by atoms with Gasteiger partial charge in [-0.15, -0.1) is 0 Å². The molecular formula is C10H26O2Zr. The van der Waals surface area contributed by atoms with Crippen molar-refractivity contribution >= 4 is 0 Å². The van der Waals surface area contributed by atoms with Crippen molar-refractivity contribution in [3.8, 4) is 0 Å². The predicted molar refractivity (Wildman–Crippen MR) is 56.9 cm³/mol. The van der Waals surface area contributed by atoms with E-state index in [4.69, 9.17) is 0 Å². The van der Waals surface area contributed by atoms with Crippen LogP contribution in [-0.2, 0) is 26.2 Å². The van der Waals surface area contributed by atoms with Gasteiger partial charge in [-0.2, -0.15) is 12.8 Å². The van der Waals surface area contributed by atoms with Crippen LogP contribution in [0.2, 0.25) is 0 Å². The molecule has 4 N–H and O–H groups in total. The Labute approximate surface area is 103 Å². The molecule has 0 bridgehead atoms. The molecule has 82 valence electrons. The van der Waals surface area contributed by atoms with E-state index in [0.717, 1.165) is 24.7 Å². The van der Waals surface area contributed by atoms with Crippen LogP contribution in [0.4, 0.5) is 0 Å². The summed E-state index contributed by atoms with van der Waals surface area (Å²) in [5.74, 6) is 1.55. The minimum absolute atomic E-state index is 0. The van der Waals surface area contributed by atoms with Crippen LogP contribution in [0.5, 0.6) is 0 Å². The summed E-state index contributed by atoms with van der Waals surface area (Å²) in [7, 11) is 0. The second kappa shape index (κ2) is 23.0. The van der Waals surface area contributed by atoms with E-state index in [0.29, 0.717) is 0 Å².